The second-order valence-corrected chi connectivity index (χ2v) is 21.5. The summed E-state index contributed by atoms with van der Waals surface area (Å²) < 4.78 is 42.0. The van der Waals surface area contributed by atoms with Crippen molar-refractivity contribution in [1.82, 2.24) is 0 Å². The molecule has 64 heavy (non-hydrogen) atoms. The SMILES string of the molecule is C[C@@H](CCC1(O)O[C@H]2C[C@H]3[C@H]4CC[C@@H]5C[C@@H](O[C@@H]6O[C@H](CO)[C@H](O)[C@H](O)[C@H]6O[C@@H]6O[C@H](CO)[C@@H](O)[C@H](O)[C@H]6O)CC[C@]5(C)[C@H]4CC[C@]3(C)[C@H]2[C@@H]1C)CO[C@@H]1O[C@H](CO)[C@@H](O)[C@H](O)[C@H]1O. The van der Waals surface area contributed by atoms with Crippen LogP contribution in [0.2, 0.25) is 0 Å². The standard InChI is InChI=1S/C45H76O19/c1-19(18-58-40-37(55)34(52)31(49)27(15-46)60-40)7-12-45(57)20(2)30-26(64-45)14-25-23-6-5-21-13-22(8-10-43(21,3)24(23)9-11-44(25,30)4)59-42-39(36(54)33(51)29(17-48)62-42)63-41-38(56)35(53)32(50)28(16-47)61-41/h19-42,46-57H,5-18H2,1-4H3/t19-,20-,21+,22-,23-,24-,25-,26-,27+,28+,29+,30-,31+,32+,33-,34-,35-,36-,37+,38+,39+,40+,41-,42+,43-,44-,45?/m0/s1. The molecule has 0 bridgehead atoms. The van der Waals surface area contributed by atoms with Crippen LogP contribution in [0.3, 0.4) is 0 Å². The minimum atomic E-state index is -1.75. The Hall–Kier alpha value is -0.760. The lowest BCUT2D eigenvalue weighted by Crippen LogP contribution is -2.65. The highest BCUT2D eigenvalue weighted by atomic mass is 16.8. The first-order chi connectivity index (χ1) is 30.3. The largest absolute Gasteiger partial charge is 0.394 e. The molecule has 8 aliphatic rings. The average Bonchev–Trinajstić information content (AvgIpc) is 3.71. The lowest BCUT2D eigenvalue weighted by Gasteiger charge is -2.61. The van der Waals surface area contributed by atoms with Crippen LogP contribution in [0.4, 0.5) is 0 Å². The molecule has 1 unspecified atom stereocenters. The van der Waals surface area contributed by atoms with Crippen molar-refractivity contribution in [1.29, 1.82) is 0 Å². The number of ether oxygens (including phenoxy) is 7. The second kappa shape index (κ2) is 19.2. The Morgan fingerprint density at radius 1 is 0.625 bits per heavy atom. The van der Waals surface area contributed by atoms with E-state index < -0.39 is 118 Å². The quantitative estimate of drug-likeness (QED) is 0.0909. The summed E-state index contributed by atoms with van der Waals surface area (Å²) in [5, 5.41) is 125. The Morgan fingerprint density at radius 3 is 1.84 bits per heavy atom. The molecule has 0 spiro atoms. The van der Waals surface area contributed by atoms with Gasteiger partial charge in [-0.15, -0.1) is 0 Å². The van der Waals surface area contributed by atoms with E-state index in [1.807, 2.05) is 6.92 Å². The van der Waals surface area contributed by atoms with Gasteiger partial charge in [0.15, 0.2) is 24.7 Å². The van der Waals surface area contributed by atoms with E-state index in [0.717, 1.165) is 44.9 Å². The summed E-state index contributed by atoms with van der Waals surface area (Å²) in [7, 11) is 0. The minimum Gasteiger partial charge on any atom is -0.394 e. The maximum absolute atomic E-state index is 12.1. The maximum atomic E-state index is 12.1. The molecule has 0 aromatic heterocycles. The van der Waals surface area contributed by atoms with Gasteiger partial charge in [0.25, 0.3) is 0 Å². The first-order valence-electron chi connectivity index (χ1n) is 23.9. The molecule has 0 aromatic carbocycles. The molecular formula is C45H76O19. The molecule has 4 saturated carbocycles. The number of hydrogen-bond donors (Lipinski definition) is 12. The summed E-state index contributed by atoms with van der Waals surface area (Å²) in [6, 6.07) is 0. The fourth-order valence-electron chi connectivity index (χ4n) is 14.2. The number of hydrogen-bond acceptors (Lipinski definition) is 19. The Balaban J connectivity index is 0.869. The molecule has 0 aromatic rings. The Bertz CT molecular complexity index is 1560. The first-order valence-corrected chi connectivity index (χ1v) is 23.9. The molecule has 370 valence electrons. The maximum Gasteiger partial charge on any atom is 0.187 e. The summed E-state index contributed by atoms with van der Waals surface area (Å²) in [6.45, 7) is 7.28. The van der Waals surface area contributed by atoms with Gasteiger partial charge in [0, 0.05) is 12.3 Å². The van der Waals surface area contributed by atoms with E-state index in [4.69, 9.17) is 33.2 Å². The van der Waals surface area contributed by atoms with Gasteiger partial charge in [-0.05, 0) is 104 Å². The lowest BCUT2D eigenvalue weighted by molar-refractivity contribution is -0.373. The molecule has 8 rings (SSSR count). The van der Waals surface area contributed by atoms with Gasteiger partial charge in [-0.1, -0.05) is 27.7 Å². The molecule has 4 saturated heterocycles. The molecular weight excluding hydrogens is 844 g/mol. The molecule has 4 aliphatic heterocycles. The van der Waals surface area contributed by atoms with Crippen molar-refractivity contribution in [3.8, 4) is 0 Å². The lowest BCUT2D eigenvalue weighted by atomic mass is 9.44. The molecule has 19 heteroatoms. The molecule has 12 N–H and O–H groups in total. The van der Waals surface area contributed by atoms with E-state index in [-0.39, 0.29) is 47.4 Å². The highest BCUT2D eigenvalue weighted by Gasteiger charge is 2.68. The van der Waals surface area contributed by atoms with Crippen LogP contribution >= 0.6 is 0 Å². The number of rotatable bonds is 13. The van der Waals surface area contributed by atoms with Crippen LogP contribution in [0.15, 0.2) is 0 Å². The molecule has 4 heterocycles. The normalized spacial score (nSPS) is 55.6. The summed E-state index contributed by atoms with van der Waals surface area (Å²) >= 11 is 0. The predicted molar refractivity (Wildman–Crippen MR) is 219 cm³/mol. The van der Waals surface area contributed by atoms with Crippen molar-refractivity contribution in [2.45, 2.75) is 202 Å². The van der Waals surface area contributed by atoms with Gasteiger partial charge >= 0.3 is 0 Å². The first kappa shape index (κ1) is 49.7. The van der Waals surface area contributed by atoms with Crippen molar-refractivity contribution >= 4 is 0 Å². The third-order valence-corrected chi connectivity index (χ3v) is 18.0. The van der Waals surface area contributed by atoms with Crippen LogP contribution in [-0.2, 0) is 33.2 Å². The summed E-state index contributed by atoms with van der Waals surface area (Å²) in [5.74, 6) is 0.532. The van der Waals surface area contributed by atoms with Crippen molar-refractivity contribution in [2.75, 3.05) is 26.4 Å². The van der Waals surface area contributed by atoms with E-state index in [1.165, 1.54) is 0 Å². The van der Waals surface area contributed by atoms with E-state index in [0.29, 0.717) is 42.9 Å². The molecule has 0 amide bonds. The summed E-state index contributed by atoms with van der Waals surface area (Å²) in [5.41, 5.74) is 0.0475. The molecule has 4 aliphatic carbocycles. The fraction of sp³-hybridized carbons (Fsp3) is 1.00. The van der Waals surface area contributed by atoms with Crippen molar-refractivity contribution in [2.24, 2.45) is 52.3 Å². The summed E-state index contributed by atoms with van der Waals surface area (Å²) in [6.07, 6.45) is -13.7. The third kappa shape index (κ3) is 8.65. The van der Waals surface area contributed by atoms with E-state index in [9.17, 15) is 61.3 Å². The van der Waals surface area contributed by atoms with Gasteiger partial charge in [0.05, 0.1) is 38.6 Å². The topological polar surface area (TPSA) is 307 Å². The molecule has 19 nitrogen and oxygen atoms in total. The predicted octanol–water partition coefficient (Wildman–Crippen LogP) is -1.78. The zero-order valence-corrected chi connectivity index (χ0v) is 37.5. The molecule has 8 fully saturated rings. The van der Waals surface area contributed by atoms with E-state index in [2.05, 4.69) is 20.8 Å². The zero-order valence-electron chi connectivity index (χ0n) is 37.5. The Morgan fingerprint density at radius 2 is 1.20 bits per heavy atom. The highest BCUT2D eigenvalue weighted by Crippen LogP contribution is 2.71. The minimum absolute atomic E-state index is 0.00000712. The van der Waals surface area contributed by atoms with E-state index in [1.54, 1.807) is 0 Å². The zero-order chi connectivity index (χ0) is 46.2. The summed E-state index contributed by atoms with van der Waals surface area (Å²) in [4.78, 5) is 0. The second-order valence-electron chi connectivity index (χ2n) is 21.5. The number of aliphatic hydroxyl groups excluding tert-OH is 11. The molecule has 27 atom stereocenters. The Kier molecular flexibility index (Phi) is 14.9. The number of fused-ring (bicyclic) bond motifs is 7. The highest BCUT2D eigenvalue weighted by molar-refractivity contribution is 5.15. The fourth-order valence-corrected chi connectivity index (χ4v) is 14.2. The van der Waals surface area contributed by atoms with Crippen LogP contribution in [0.25, 0.3) is 0 Å². The van der Waals surface area contributed by atoms with Gasteiger partial charge in [-0.3, -0.25) is 0 Å². The van der Waals surface area contributed by atoms with Crippen LogP contribution in [0.5, 0.6) is 0 Å². The Labute approximate surface area is 374 Å². The van der Waals surface area contributed by atoms with Crippen molar-refractivity contribution < 1.29 is 94.4 Å². The van der Waals surface area contributed by atoms with E-state index >= 15 is 0 Å². The van der Waals surface area contributed by atoms with Crippen LogP contribution < -0.4 is 0 Å². The molecule has 0 radical (unpaired) electrons. The van der Waals surface area contributed by atoms with Crippen molar-refractivity contribution in [3.63, 3.8) is 0 Å². The van der Waals surface area contributed by atoms with Gasteiger partial charge in [0.1, 0.15) is 73.2 Å². The third-order valence-electron chi connectivity index (χ3n) is 18.0. The average molecular weight is 921 g/mol. The van der Waals surface area contributed by atoms with Gasteiger partial charge in [0.2, 0.25) is 0 Å². The monoisotopic (exact) mass is 920 g/mol. The van der Waals surface area contributed by atoms with Crippen LogP contribution in [-0.4, -0.2) is 198 Å². The van der Waals surface area contributed by atoms with Crippen LogP contribution in [0.1, 0.15) is 91.9 Å². The van der Waals surface area contributed by atoms with Gasteiger partial charge in [-0.2, -0.15) is 0 Å². The van der Waals surface area contributed by atoms with Crippen molar-refractivity contribution in [3.05, 3.63) is 0 Å². The smallest absolute Gasteiger partial charge is 0.187 e. The van der Waals surface area contributed by atoms with Gasteiger partial charge in [-0.25, -0.2) is 0 Å². The van der Waals surface area contributed by atoms with Gasteiger partial charge < -0.3 is 94.4 Å². The van der Waals surface area contributed by atoms with Crippen LogP contribution in [0, 0.1) is 52.3 Å². The number of aliphatic hydroxyl groups is 12.